The Labute approximate surface area is 316 Å². The Kier molecular flexibility index (Phi) is 10.2. The Balaban J connectivity index is 1.37. The average molecular weight is 693 g/mol. The lowest BCUT2D eigenvalue weighted by Gasteiger charge is -2.40. The third-order valence-corrected chi connectivity index (χ3v) is 13.2. The van der Waals surface area contributed by atoms with Crippen molar-refractivity contribution in [2.75, 3.05) is 0 Å². The molecule has 0 radical (unpaired) electrons. The van der Waals surface area contributed by atoms with Crippen LogP contribution in [0.5, 0.6) is 11.5 Å². The van der Waals surface area contributed by atoms with Gasteiger partial charge in [-0.15, -0.1) is 5.73 Å². The summed E-state index contributed by atoms with van der Waals surface area (Å²) >= 11 is 0. The van der Waals surface area contributed by atoms with Crippen LogP contribution in [0.2, 0.25) is 0 Å². The molecule has 4 bridgehead atoms. The maximum Gasteiger partial charge on any atom is 0.135 e. The Bertz CT molecular complexity index is 1910. The first-order valence-corrected chi connectivity index (χ1v) is 20.6. The van der Waals surface area contributed by atoms with E-state index in [1.54, 1.807) is 0 Å². The summed E-state index contributed by atoms with van der Waals surface area (Å²) in [7, 11) is 0. The minimum Gasteiger partial charge on any atom is -0.456 e. The fraction of sp³-hybridized carbons (Fsp3) is 0.510. The van der Waals surface area contributed by atoms with E-state index in [0.717, 1.165) is 60.9 Å². The Morgan fingerprint density at radius 1 is 0.692 bits per heavy atom. The van der Waals surface area contributed by atoms with Gasteiger partial charge in [-0.25, -0.2) is 0 Å². The van der Waals surface area contributed by atoms with Gasteiger partial charge < -0.3 is 4.74 Å². The van der Waals surface area contributed by atoms with Crippen molar-refractivity contribution in [1.82, 2.24) is 0 Å². The minimum atomic E-state index is -0.143. The molecule has 8 rings (SSSR count). The smallest absolute Gasteiger partial charge is 0.135 e. The van der Waals surface area contributed by atoms with Crippen LogP contribution < -0.4 is 4.74 Å². The van der Waals surface area contributed by atoms with Crippen molar-refractivity contribution in [3.63, 3.8) is 0 Å². The Hall–Kier alpha value is -3.54. The van der Waals surface area contributed by atoms with Crippen LogP contribution in [-0.2, 0) is 12.8 Å². The van der Waals surface area contributed by atoms with Crippen LogP contribution in [0.15, 0.2) is 101 Å². The van der Waals surface area contributed by atoms with E-state index >= 15 is 0 Å². The van der Waals surface area contributed by atoms with E-state index in [-0.39, 0.29) is 5.41 Å². The van der Waals surface area contributed by atoms with Crippen molar-refractivity contribution < 1.29 is 4.74 Å². The molecule has 4 aliphatic carbocycles. The molecule has 2 saturated carbocycles. The van der Waals surface area contributed by atoms with Crippen LogP contribution in [-0.4, -0.2) is 0 Å². The topological polar surface area (TPSA) is 9.23 Å². The summed E-state index contributed by atoms with van der Waals surface area (Å²) in [5, 5.41) is 0. The highest BCUT2D eigenvalue weighted by Gasteiger charge is 2.36. The number of hydrogen-bond acceptors (Lipinski definition) is 1. The van der Waals surface area contributed by atoms with Gasteiger partial charge in [0.15, 0.2) is 0 Å². The molecule has 0 spiro atoms. The SMILES string of the molecule is CC1=C=C2C=CC=C1c1cc(CC3(C)CC(C)CC(C)C3)ccc1Oc1ccc(CC3(C)CC(C)CC(C)C3)cc1C1=CCC/C(=C\C=C1)C2(C)C. The molecule has 4 atom stereocenters. The monoisotopic (exact) mass is 692 g/mol. The summed E-state index contributed by atoms with van der Waals surface area (Å²) in [4.78, 5) is 0. The first-order chi connectivity index (χ1) is 24.7. The molecule has 0 amide bonds. The van der Waals surface area contributed by atoms with Crippen molar-refractivity contribution in [2.45, 2.75) is 127 Å². The van der Waals surface area contributed by atoms with E-state index in [2.05, 4.69) is 147 Å². The lowest BCUT2D eigenvalue weighted by molar-refractivity contribution is 0.123. The van der Waals surface area contributed by atoms with Crippen molar-refractivity contribution in [1.29, 1.82) is 0 Å². The van der Waals surface area contributed by atoms with Gasteiger partial charge >= 0.3 is 0 Å². The van der Waals surface area contributed by atoms with Crippen molar-refractivity contribution in [2.24, 2.45) is 39.9 Å². The Morgan fingerprint density at radius 2 is 1.23 bits per heavy atom. The van der Waals surface area contributed by atoms with Crippen LogP contribution in [0.4, 0.5) is 0 Å². The summed E-state index contributed by atoms with van der Waals surface area (Å²) < 4.78 is 7.19. The lowest BCUT2D eigenvalue weighted by Crippen LogP contribution is -2.31. The molecular weight excluding hydrogens is 629 g/mol. The molecule has 2 aliphatic heterocycles. The second kappa shape index (κ2) is 14.4. The van der Waals surface area contributed by atoms with E-state index in [4.69, 9.17) is 4.74 Å². The summed E-state index contributed by atoms with van der Waals surface area (Å²) in [6.45, 7) is 21.8. The molecule has 52 heavy (non-hydrogen) atoms. The second-order valence-corrected chi connectivity index (χ2v) is 19.4. The van der Waals surface area contributed by atoms with Gasteiger partial charge in [0.1, 0.15) is 11.5 Å². The number of allylic oxidation sites excluding steroid dienone is 11. The number of fused-ring (bicyclic) bond motifs is 3. The molecule has 274 valence electrons. The molecule has 2 heterocycles. The van der Waals surface area contributed by atoms with Gasteiger partial charge in [-0.05, 0) is 158 Å². The maximum absolute atomic E-state index is 7.19. The standard InChI is InChI=1S/C51H64O/c1-34-23-35(2)29-50(8,28-34)32-39-19-21-47-45(26-39)41-13-10-15-42(16-11-14-41)49(6,7)43-17-12-18-44(38(5)25-43)46-27-40(20-22-48(46)52-47)33-51(9)30-36(3)24-37(4)31-51/h10,12-15,17-22,26-27,34-37H,11,16,23-24,28-33H2,1-9H3/b13-10?,41-14?,42-15+. The minimum absolute atomic E-state index is 0.143. The zero-order valence-electron chi connectivity index (χ0n) is 33.8. The molecular formula is C51H64O. The largest absolute Gasteiger partial charge is 0.456 e. The fourth-order valence-electron chi connectivity index (χ4n) is 11.6. The molecule has 0 N–H and O–H groups in total. The quantitative estimate of drug-likeness (QED) is 0.290. The second-order valence-electron chi connectivity index (χ2n) is 19.4. The van der Waals surface area contributed by atoms with Gasteiger partial charge in [-0.2, -0.15) is 0 Å². The molecule has 4 unspecified atom stereocenters. The predicted molar refractivity (Wildman–Crippen MR) is 222 cm³/mol. The highest BCUT2D eigenvalue weighted by atomic mass is 16.5. The zero-order valence-corrected chi connectivity index (χ0v) is 33.8. The predicted octanol–water partition coefficient (Wildman–Crippen LogP) is 14.6. The van der Waals surface area contributed by atoms with Gasteiger partial charge in [0, 0.05) is 22.1 Å². The molecule has 0 aromatic heterocycles. The average Bonchev–Trinajstić information content (AvgIpc) is 3.22. The highest BCUT2D eigenvalue weighted by Crippen LogP contribution is 2.48. The van der Waals surface area contributed by atoms with E-state index in [9.17, 15) is 0 Å². The van der Waals surface area contributed by atoms with Crippen molar-refractivity contribution >= 4 is 11.1 Å². The van der Waals surface area contributed by atoms with Gasteiger partial charge in [-0.1, -0.05) is 116 Å². The van der Waals surface area contributed by atoms with E-state index < -0.39 is 0 Å². The number of benzene rings is 2. The maximum atomic E-state index is 7.19. The first-order valence-electron chi connectivity index (χ1n) is 20.6. The number of ether oxygens (including phenoxy) is 1. The Morgan fingerprint density at radius 3 is 1.83 bits per heavy atom. The fourth-order valence-corrected chi connectivity index (χ4v) is 11.6. The van der Waals surface area contributed by atoms with E-state index in [0.29, 0.717) is 10.8 Å². The molecule has 2 fully saturated rings. The molecule has 0 saturated heterocycles. The number of rotatable bonds is 4. The van der Waals surface area contributed by atoms with Crippen LogP contribution in [0.25, 0.3) is 11.1 Å². The molecule has 6 aliphatic rings. The molecule has 1 nitrogen and oxygen atoms in total. The summed E-state index contributed by atoms with van der Waals surface area (Å²) in [6, 6.07) is 14.1. The highest BCUT2D eigenvalue weighted by molar-refractivity contribution is 5.85. The van der Waals surface area contributed by atoms with Crippen molar-refractivity contribution in [3.8, 4) is 11.5 Å². The van der Waals surface area contributed by atoms with E-state index in [1.165, 1.54) is 88.6 Å². The van der Waals surface area contributed by atoms with Crippen LogP contribution >= 0.6 is 0 Å². The molecule has 2 aromatic carbocycles. The van der Waals surface area contributed by atoms with Crippen LogP contribution in [0, 0.1) is 39.9 Å². The molecule has 1 heteroatoms. The van der Waals surface area contributed by atoms with Crippen molar-refractivity contribution in [3.05, 3.63) is 124 Å². The van der Waals surface area contributed by atoms with Gasteiger partial charge in [0.25, 0.3) is 0 Å². The number of hydrogen-bond donors (Lipinski definition) is 0. The summed E-state index contributed by atoms with van der Waals surface area (Å²) in [5.41, 5.74) is 15.9. The van der Waals surface area contributed by atoms with Gasteiger partial charge in [0.2, 0.25) is 0 Å². The zero-order chi connectivity index (χ0) is 36.8. The van der Waals surface area contributed by atoms with Gasteiger partial charge in [-0.3, -0.25) is 0 Å². The first kappa shape index (κ1) is 36.8. The van der Waals surface area contributed by atoms with Crippen LogP contribution in [0.3, 0.4) is 0 Å². The normalized spacial score (nSPS) is 32.3. The molecule has 2 aromatic rings. The third kappa shape index (κ3) is 7.87. The lowest BCUT2D eigenvalue weighted by atomic mass is 9.65. The van der Waals surface area contributed by atoms with Gasteiger partial charge in [0.05, 0.1) is 0 Å². The summed E-state index contributed by atoms with van der Waals surface area (Å²) in [5.74, 6) is 4.98. The summed E-state index contributed by atoms with van der Waals surface area (Å²) in [6.07, 6.45) is 28.4. The van der Waals surface area contributed by atoms with Crippen LogP contribution in [0.1, 0.15) is 136 Å². The third-order valence-electron chi connectivity index (χ3n) is 13.2. The van der Waals surface area contributed by atoms with E-state index in [1.807, 2.05) is 0 Å².